The molecule has 35 heavy (non-hydrogen) atoms. The van der Waals surface area contributed by atoms with E-state index < -0.39 is 17.6 Å². The van der Waals surface area contributed by atoms with Crippen molar-refractivity contribution in [3.05, 3.63) is 59.3 Å². The Morgan fingerprint density at radius 3 is 2.60 bits per heavy atom. The lowest BCUT2D eigenvalue weighted by Crippen LogP contribution is -2.46. The van der Waals surface area contributed by atoms with E-state index >= 15 is 0 Å². The SMILES string of the molecule is CC(=O)NC1=CC=C2C(CC[C@]23CN(CC(=O)N(Cc2ccccc2)[C@@H](C)C2CC2)C(=O)O3)C1=O. The smallest absolute Gasteiger partial charge is 0.411 e. The largest absolute Gasteiger partial charge is 0.436 e. The van der Waals surface area contributed by atoms with Gasteiger partial charge in [0.2, 0.25) is 11.8 Å². The van der Waals surface area contributed by atoms with Gasteiger partial charge in [-0.2, -0.15) is 0 Å². The standard InChI is InChI=1S/C27H31N3O5/c1-17(20-8-9-20)30(14-19-6-4-3-5-7-19)24(32)15-29-16-27(35-26(29)34)13-12-21-22(27)10-11-23(25(21)33)28-18(2)31/h3-7,10-11,17,20-21H,8-9,12-16H2,1-2H3,(H,28,31)/t17-,21?,27-/m0/s1. The number of ketones is 1. The minimum absolute atomic E-state index is 0.0522. The zero-order valence-corrected chi connectivity index (χ0v) is 20.2. The molecule has 1 spiro atoms. The molecule has 1 saturated heterocycles. The van der Waals surface area contributed by atoms with Crippen molar-refractivity contribution in [2.24, 2.45) is 11.8 Å². The normalized spacial score (nSPS) is 26.1. The number of nitrogens with zero attached hydrogens (tertiary/aromatic N) is 2. The van der Waals surface area contributed by atoms with Gasteiger partial charge in [0.25, 0.3) is 0 Å². The molecule has 3 atom stereocenters. The molecular formula is C27H31N3O5. The average molecular weight is 478 g/mol. The van der Waals surface area contributed by atoms with Crippen molar-refractivity contribution >= 4 is 23.7 Å². The number of nitrogens with one attached hydrogen (secondary N) is 1. The molecule has 1 N–H and O–H groups in total. The fourth-order valence-electron chi connectivity index (χ4n) is 5.64. The Balaban J connectivity index is 1.31. The van der Waals surface area contributed by atoms with Gasteiger partial charge in [0.05, 0.1) is 12.2 Å². The van der Waals surface area contributed by atoms with Gasteiger partial charge in [-0.25, -0.2) is 4.79 Å². The first-order valence-electron chi connectivity index (χ1n) is 12.3. The highest BCUT2D eigenvalue weighted by Crippen LogP contribution is 2.48. The van der Waals surface area contributed by atoms with Crippen LogP contribution < -0.4 is 5.32 Å². The lowest BCUT2D eigenvalue weighted by atomic mass is 9.85. The highest BCUT2D eigenvalue weighted by Gasteiger charge is 2.56. The first kappa shape index (κ1) is 23.3. The Hall–Kier alpha value is -3.42. The fourth-order valence-corrected chi connectivity index (χ4v) is 5.64. The molecule has 3 amide bonds. The Bertz CT molecular complexity index is 1120. The summed E-state index contributed by atoms with van der Waals surface area (Å²) in [6.07, 6.45) is 6.14. The third kappa shape index (κ3) is 4.49. The number of rotatable bonds is 7. The topological polar surface area (TPSA) is 96.0 Å². The van der Waals surface area contributed by atoms with Gasteiger partial charge < -0.3 is 15.0 Å². The van der Waals surface area contributed by atoms with Gasteiger partial charge in [0, 0.05) is 25.4 Å². The number of ether oxygens (including phenoxy) is 1. The minimum atomic E-state index is -0.900. The van der Waals surface area contributed by atoms with Crippen molar-refractivity contribution in [2.45, 2.75) is 57.7 Å². The van der Waals surface area contributed by atoms with Crippen LogP contribution in [0.25, 0.3) is 0 Å². The van der Waals surface area contributed by atoms with Crippen LogP contribution in [-0.2, 0) is 25.7 Å². The molecule has 1 aromatic carbocycles. The number of amides is 3. The Kier molecular flexibility index (Phi) is 5.99. The number of Topliss-reactive ketones (excluding diaryl/α,β-unsaturated/α-hetero) is 1. The maximum Gasteiger partial charge on any atom is 0.411 e. The molecule has 1 aromatic rings. The monoisotopic (exact) mass is 477 g/mol. The van der Waals surface area contributed by atoms with E-state index in [1.54, 1.807) is 12.2 Å². The molecule has 184 valence electrons. The fraction of sp³-hybridized carbons (Fsp3) is 0.481. The number of hydrogen-bond acceptors (Lipinski definition) is 5. The first-order chi connectivity index (χ1) is 16.8. The van der Waals surface area contributed by atoms with Crippen molar-refractivity contribution in [2.75, 3.05) is 13.1 Å². The van der Waals surface area contributed by atoms with Gasteiger partial charge in [-0.1, -0.05) is 36.4 Å². The van der Waals surface area contributed by atoms with Crippen LogP contribution in [0.2, 0.25) is 0 Å². The number of carbonyl (C=O) groups excluding carboxylic acids is 4. The van der Waals surface area contributed by atoms with E-state index in [0.29, 0.717) is 25.3 Å². The lowest BCUT2D eigenvalue weighted by molar-refractivity contribution is -0.135. The van der Waals surface area contributed by atoms with E-state index in [9.17, 15) is 19.2 Å². The maximum absolute atomic E-state index is 13.5. The second-order valence-corrected chi connectivity index (χ2v) is 10.1. The predicted octanol–water partition coefficient (Wildman–Crippen LogP) is 2.94. The zero-order chi connectivity index (χ0) is 24.7. The summed E-state index contributed by atoms with van der Waals surface area (Å²) in [6.45, 7) is 4.14. The summed E-state index contributed by atoms with van der Waals surface area (Å²) in [5.74, 6) is -0.481. The second-order valence-electron chi connectivity index (χ2n) is 10.1. The third-order valence-electron chi connectivity index (χ3n) is 7.69. The first-order valence-corrected chi connectivity index (χ1v) is 12.3. The molecule has 3 fully saturated rings. The van der Waals surface area contributed by atoms with E-state index in [0.717, 1.165) is 24.0 Å². The predicted molar refractivity (Wildman–Crippen MR) is 128 cm³/mol. The van der Waals surface area contributed by atoms with Crippen molar-refractivity contribution in [1.29, 1.82) is 0 Å². The molecule has 8 nitrogen and oxygen atoms in total. The van der Waals surface area contributed by atoms with Crippen LogP contribution in [0.3, 0.4) is 0 Å². The quantitative estimate of drug-likeness (QED) is 0.652. The molecule has 0 bridgehead atoms. The summed E-state index contributed by atoms with van der Waals surface area (Å²) in [4.78, 5) is 54.0. The van der Waals surface area contributed by atoms with Gasteiger partial charge >= 0.3 is 6.09 Å². The van der Waals surface area contributed by atoms with Crippen LogP contribution in [0.5, 0.6) is 0 Å². The molecule has 5 rings (SSSR count). The Labute approximate surface area is 205 Å². The van der Waals surface area contributed by atoms with Gasteiger partial charge in [-0.3, -0.25) is 19.3 Å². The molecule has 4 aliphatic rings. The summed E-state index contributed by atoms with van der Waals surface area (Å²) in [5, 5.41) is 2.58. The van der Waals surface area contributed by atoms with Crippen molar-refractivity contribution in [3.8, 4) is 0 Å². The molecule has 0 radical (unpaired) electrons. The third-order valence-corrected chi connectivity index (χ3v) is 7.69. The Morgan fingerprint density at radius 2 is 1.91 bits per heavy atom. The number of carbonyl (C=O) groups is 4. The van der Waals surface area contributed by atoms with Crippen LogP contribution >= 0.6 is 0 Å². The summed E-state index contributed by atoms with van der Waals surface area (Å²) in [5.41, 5.74) is 1.18. The van der Waals surface area contributed by atoms with Gasteiger partial charge in [-0.15, -0.1) is 0 Å². The van der Waals surface area contributed by atoms with Crippen molar-refractivity contribution in [3.63, 3.8) is 0 Å². The average Bonchev–Trinajstić information content (AvgIpc) is 3.55. The van der Waals surface area contributed by atoms with E-state index in [1.807, 2.05) is 35.2 Å². The Morgan fingerprint density at radius 1 is 1.17 bits per heavy atom. The summed E-state index contributed by atoms with van der Waals surface area (Å²) >= 11 is 0. The number of fused-ring (bicyclic) bond motifs is 2. The number of benzene rings is 1. The molecule has 1 heterocycles. The van der Waals surface area contributed by atoms with Crippen LogP contribution in [0.1, 0.15) is 45.1 Å². The zero-order valence-electron chi connectivity index (χ0n) is 20.2. The summed E-state index contributed by atoms with van der Waals surface area (Å²) < 4.78 is 5.85. The molecule has 8 heteroatoms. The van der Waals surface area contributed by atoms with Crippen LogP contribution in [0, 0.1) is 11.8 Å². The second kappa shape index (κ2) is 8.98. The highest BCUT2D eigenvalue weighted by molar-refractivity contribution is 6.03. The summed E-state index contributed by atoms with van der Waals surface area (Å²) in [6, 6.07) is 9.99. The highest BCUT2D eigenvalue weighted by atomic mass is 16.6. The molecule has 3 aliphatic carbocycles. The van der Waals surface area contributed by atoms with Crippen LogP contribution in [0.4, 0.5) is 4.79 Å². The summed E-state index contributed by atoms with van der Waals surface area (Å²) in [7, 11) is 0. The van der Waals surface area contributed by atoms with E-state index in [1.165, 1.54) is 11.8 Å². The van der Waals surface area contributed by atoms with E-state index in [2.05, 4.69) is 12.2 Å². The van der Waals surface area contributed by atoms with Crippen LogP contribution in [0.15, 0.2) is 53.8 Å². The number of hydrogen-bond donors (Lipinski definition) is 1. The molecule has 1 aliphatic heterocycles. The van der Waals surface area contributed by atoms with E-state index in [-0.39, 0.29) is 42.4 Å². The van der Waals surface area contributed by atoms with Gasteiger partial charge in [-0.05, 0) is 55.7 Å². The molecule has 0 aromatic heterocycles. The molecule has 2 saturated carbocycles. The van der Waals surface area contributed by atoms with Crippen LogP contribution in [-0.4, -0.2) is 58.2 Å². The van der Waals surface area contributed by atoms with Gasteiger partial charge in [0.15, 0.2) is 11.4 Å². The molecular weight excluding hydrogens is 446 g/mol. The van der Waals surface area contributed by atoms with E-state index in [4.69, 9.17) is 4.74 Å². The van der Waals surface area contributed by atoms with Crippen molar-refractivity contribution < 1.29 is 23.9 Å². The number of allylic oxidation sites excluding steroid dienone is 3. The van der Waals surface area contributed by atoms with Crippen molar-refractivity contribution in [1.82, 2.24) is 15.1 Å². The van der Waals surface area contributed by atoms with Gasteiger partial charge in [0.1, 0.15) is 6.54 Å². The maximum atomic E-state index is 13.5. The minimum Gasteiger partial charge on any atom is -0.436 e. The molecule has 1 unspecified atom stereocenters. The lowest BCUT2D eigenvalue weighted by Gasteiger charge is -2.31.